The van der Waals surface area contributed by atoms with Crippen LogP contribution in [0.5, 0.6) is 0 Å². The highest BCUT2D eigenvalue weighted by atomic mass is 35.5. The molecule has 1 unspecified atom stereocenters. The number of carbonyl (C=O) groups excluding carboxylic acids is 1. The van der Waals surface area contributed by atoms with Crippen LogP contribution in [-0.2, 0) is 4.79 Å². The second-order valence-corrected chi connectivity index (χ2v) is 7.82. The second kappa shape index (κ2) is 7.34. The van der Waals surface area contributed by atoms with Crippen LogP contribution in [0.3, 0.4) is 0 Å². The van der Waals surface area contributed by atoms with Gasteiger partial charge in [-0.1, -0.05) is 20.8 Å². The minimum atomic E-state index is 0. The first-order valence-electron chi connectivity index (χ1n) is 6.75. The normalized spacial score (nSPS) is 18.4. The molecule has 1 heterocycles. The molecule has 1 aliphatic heterocycles. The fourth-order valence-corrected chi connectivity index (χ4v) is 3.06. The molecule has 3 nitrogen and oxygen atoms in total. The summed E-state index contributed by atoms with van der Waals surface area (Å²) in [6, 6.07) is 8.10. The van der Waals surface area contributed by atoms with Crippen LogP contribution < -0.4 is 10.6 Å². The quantitative estimate of drug-likeness (QED) is 0.838. The number of halogens is 1. The maximum Gasteiger partial charge on any atom is 0.228 e. The van der Waals surface area contributed by atoms with E-state index >= 15 is 0 Å². The summed E-state index contributed by atoms with van der Waals surface area (Å²) in [6.07, 6.45) is 0.934. The van der Waals surface area contributed by atoms with Crippen LogP contribution in [0.2, 0.25) is 0 Å². The second-order valence-electron chi connectivity index (χ2n) is 5.92. The Labute approximate surface area is 131 Å². The molecule has 1 saturated heterocycles. The van der Waals surface area contributed by atoms with Crippen molar-refractivity contribution in [3.05, 3.63) is 24.3 Å². The van der Waals surface area contributed by atoms with E-state index in [-0.39, 0.29) is 29.0 Å². The van der Waals surface area contributed by atoms with Crippen molar-refractivity contribution < 1.29 is 4.79 Å². The Kier molecular flexibility index (Phi) is 6.37. The third kappa shape index (κ3) is 5.35. The van der Waals surface area contributed by atoms with Gasteiger partial charge in [-0.15, -0.1) is 24.2 Å². The number of hydrogen-bond acceptors (Lipinski definition) is 3. The Bertz CT molecular complexity index is 436. The molecule has 2 rings (SSSR count). The zero-order chi connectivity index (χ0) is 13.9. The third-order valence-corrected chi connectivity index (χ3v) is 4.10. The Morgan fingerprint density at radius 2 is 1.95 bits per heavy atom. The molecule has 1 atom stereocenters. The molecule has 2 N–H and O–H groups in total. The number of nitrogens with one attached hydrogen (secondary N) is 2. The van der Waals surface area contributed by atoms with Gasteiger partial charge in [0.15, 0.2) is 0 Å². The van der Waals surface area contributed by atoms with Gasteiger partial charge < -0.3 is 10.6 Å². The van der Waals surface area contributed by atoms with Crippen molar-refractivity contribution in [1.82, 2.24) is 5.32 Å². The molecule has 0 spiro atoms. The summed E-state index contributed by atoms with van der Waals surface area (Å²) in [4.78, 5) is 13.2. The van der Waals surface area contributed by atoms with Crippen LogP contribution in [0.25, 0.3) is 0 Å². The van der Waals surface area contributed by atoms with Gasteiger partial charge in [0.2, 0.25) is 5.91 Å². The Hall–Kier alpha value is -0.710. The predicted octanol–water partition coefficient (Wildman–Crippen LogP) is 3.55. The van der Waals surface area contributed by atoms with E-state index in [2.05, 4.69) is 43.5 Å². The first-order chi connectivity index (χ1) is 8.94. The van der Waals surface area contributed by atoms with Gasteiger partial charge in [0, 0.05) is 21.9 Å². The van der Waals surface area contributed by atoms with Gasteiger partial charge in [-0.2, -0.15) is 0 Å². The fourth-order valence-electron chi connectivity index (χ4n) is 2.08. The van der Waals surface area contributed by atoms with E-state index in [9.17, 15) is 4.79 Å². The molecule has 1 aliphatic rings. The topological polar surface area (TPSA) is 41.1 Å². The maximum absolute atomic E-state index is 12.0. The van der Waals surface area contributed by atoms with Crippen LogP contribution in [0, 0.1) is 5.92 Å². The minimum Gasteiger partial charge on any atom is -0.326 e. The summed E-state index contributed by atoms with van der Waals surface area (Å²) in [5.41, 5.74) is 0.884. The van der Waals surface area contributed by atoms with Crippen LogP contribution >= 0.6 is 24.2 Å². The summed E-state index contributed by atoms with van der Waals surface area (Å²) in [5.74, 6) is 0.241. The Balaban J connectivity index is 0.00000200. The maximum atomic E-state index is 12.0. The third-order valence-electron chi connectivity index (χ3n) is 2.98. The van der Waals surface area contributed by atoms with Gasteiger partial charge in [0.1, 0.15) is 0 Å². The van der Waals surface area contributed by atoms with Gasteiger partial charge >= 0.3 is 0 Å². The van der Waals surface area contributed by atoms with Gasteiger partial charge in [-0.05, 0) is 37.2 Å². The van der Waals surface area contributed by atoms with Crippen molar-refractivity contribution in [2.75, 3.05) is 18.4 Å². The van der Waals surface area contributed by atoms with Gasteiger partial charge in [-0.3, -0.25) is 4.79 Å². The van der Waals surface area contributed by atoms with E-state index in [0.29, 0.717) is 0 Å². The number of anilines is 1. The predicted molar refractivity (Wildman–Crippen MR) is 88.9 cm³/mol. The molecule has 20 heavy (non-hydrogen) atoms. The summed E-state index contributed by atoms with van der Waals surface area (Å²) >= 11 is 1.83. The van der Waals surface area contributed by atoms with Crippen LogP contribution in [0.4, 0.5) is 5.69 Å². The molecule has 112 valence electrons. The van der Waals surface area contributed by atoms with Gasteiger partial charge in [0.05, 0.1) is 5.92 Å². The number of carbonyl (C=O) groups is 1. The molecule has 1 aromatic carbocycles. The summed E-state index contributed by atoms with van der Waals surface area (Å²) in [6.45, 7) is 8.32. The lowest BCUT2D eigenvalue weighted by Gasteiger charge is -2.17. The Morgan fingerprint density at radius 1 is 1.30 bits per heavy atom. The van der Waals surface area contributed by atoms with E-state index in [0.717, 1.165) is 25.2 Å². The van der Waals surface area contributed by atoms with Crippen molar-refractivity contribution in [1.29, 1.82) is 0 Å². The minimum absolute atomic E-state index is 0. The van der Waals surface area contributed by atoms with E-state index < -0.39 is 0 Å². The van der Waals surface area contributed by atoms with E-state index in [1.54, 1.807) is 0 Å². The first kappa shape index (κ1) is 17.3. The monoisotopic (exact) mass is 314 g/mol. The van der Waals surface area contributed by atoms with E-state index in [4.69, 9.17) is 0 Å². The molecule has 5 heteroatoms. The van der Waals surface area contributed by atoms with Gasteiger partial charge in [-0.25, -0.2) is 0 Å². The number of benzene rings is 1. The SMILES string of the molecule is CC(C)(C)Sc1ccc(NC(=O)C2CCNC2)cc1.Cl. The molecule has 0 aromatic heterocycles. The zero-order valence-electron chi connectivity index (χ0n) is 12.2. The molecular formula is C15H23ClN2OS. The standard InChI is InChI=1S/C15H22N2OS.ClH/c1-15(2,3)19-13-6-4-12(5-7-13)17-14(18)11-8-9-16-10-11;/h4-7,11,16H,8-10H2,1-3H3,(H,17,18);1H. The summed E-state index contributed by atoms with van der Waals surface area (Å²) in [5, 5.41) is 6.20. The van der Waals surface area contributed by atoms with Crippen molar-refractivity contribution in [2.45, 2.75) is 36.8 Å². The number of rotatable bonds is 3. The van der Waals surface area contributed by atoms with E-state index in [1.165, 1.54) is 4.90 Å². The van der Waals surface area contributed by atoms with Crippen LogP contribution in [0.15, 0.2) is 29.2 Å². The van der Waals surface area contributed by atoms with Crippen molar-refractivity contribution in [3.63, 3.8) is 0 Å². The highest BCUT2D eigenvalue weighted by Crippen LogP contribution is 2.32. The molecule has 0 radical (unpaired) electrons. The number of hydrogen-bond donors (Lipinski definition) is 2. The zero-order valence-corrected chi connectivity index (χ0v) is 13.9. The van der Waals surface area contributed by atoms with Crippen molar-refractivity contribution in [3.8, 4) is 0 Å². The lowest BCUT2D eigenvalue weighted by molar-refractivity contribution is -0.119. The molecule has 0 bridgehead atoms. The Morgan fingerprint density at radius 3 is 2.45 bits per heavy atom. The van der Waals surface area contributed by atoms with Crippen LogP contribution in [-0.4, -0.2) is 23.7 Å². The first-order valence-corrected chi connectivity index (χ1v) is 7.56. The average Bonchev–Trinajstić information content (AvgIpc) is 2.83. The fraction of sp³-hybridized carbons (Fsp3) is 0.533. The molecule has 1 fully saturated rings. The molecule has 0 aliphatic carbocycles. The average molecular weight is 315 g/mol. The molecule has 0 saturated carbocycles. The highest BCUT2D eigenvalue weighted by molar-refractivity contribution is 8.00. The summed E-state index contributed by atoms with van der Waals surface area (Å²) in [7, 11) is 0. The lowest BCUT2D eigenvalue weighted by atomic mass is 10.1. The number of amides is 1. The summed E-state index contributed by atoms with van der Waals surface area (Å²) < 4.78 is 0.209. The molecule has 1 amide bonds. The van der Waals surface area contributed by atoms with Crippen LogP contribution in [0.1, 0.15) is 27.2 Å². The van der Waals surface area contributed by atoms with Gasteiger partial charge in [0.25, 0.3) is 0 Å². The highest BCUT2D eigenvalue weighted by Gasteiger charge is 2.22. The largest absolute Gasteiger partial charge is 0.326 e. The molecular weight excluding hydrogens is 292 g/mol. The van der Waals surface area contributed by atoms with E-state index in [1.807, 2.05) is 23.9 Å². The lowest BCUT2D eigenvalue weighted by Crippen LogP contribution is -2.24. The smallest absolute Gasteiger partial charge is 0.228 e. The molecule has 1 aromatic rings. The van der Waals surface area contributed by atoms with Crippen molar-refractivity contribution in [2.24, 2.45) is 5.92 Å². The van der Waals surface area contributed by atoms with Crippen molar-refractivity contribution >= 4 is 35.8 Å². The number of thioether (sulfide) groups is 1.